The summed E-state index contributed by atoms with van der Waals surface area (Å²) in [5, 5.41) is 2.14. The van der Waals surface area contributed by atoms with Crippen molar-refractivity contribution in [3.05, 3.63) is 0 Å². The van der Waals surface area contributed by atoms with Crippen LogP contribution in [0.25, 0.3) is 0 Å². The molecule has 1 atom stereocenters. The molecule has 76 valence electrons. The summed E-state index contributed by atoms with van der Waals surface area (Å²) in [6.45, 7) is 0.860. The molecule has 1 heterocycles. The molecule has 1 unspecified atom stereocenters. The van der Waals surface area contributed by atoms with Crippen LogP contribution in [0.3, 0.4) is 0 Å². The maximum absolute atomic E-state index is 11.7. The molecule has 0 aliphatic carbocycles. The largest absolute Gasteiger partial charge is 0.376 e. The number of ether oxygens (including phenoxy) is 1. The molecule has 0 saturated carbocycles. The highest BCUT2D eigenvalue weighted by Crippen LogP contribution is 2.11. The van der Waals surface area contributed by atoms with E-state index < -0.39 is 12.3 Å². The zero-order valence-electron chi connectivity index (χ0n) is 7.26. The van der Waals surface area contributed by atoms with Crippen molar-refractivity contribution in [1.82, 2.24) is 5.32 Å². The summed E-state index contributed by atoms with van der Waals surface area (Å²) < 4.78 is 28.7. The van der Waals surface area contributed by atoms with Crippen molar-refractivity contribution in [2.75, 3.05) is 13.2 Å². The molecule has 5 heteroatoms. The number of carbonyl (C=O) groups is 1. The molecule has 1 N–H and O–H groups in total. The van der Waals surface area contributed by atoms with Crippen LogP contribution in [0.4, 0.5) is 8.78 Å². The van der Waals surface area contributed by atoms with Gasteiger partial charge in [0.2, 0.25) is 0 Å². The van der Waals surface area contributed by atoms with Crippen LogP contribution in [0, 0.1) is 0 Å². The van der Waals surface area contributed by atoms with Crippen LogP contribution in [0.1, 0.15) is 19.3 Å². The average molecular weight is 193 g/mol. The summed E-state index contributed by atoms with van der Waals surface area (Å²) in [4.78, 5) is 10.5. The second kappa shape index (κ2) is 5.11. The van der Waals surface area contributed by atoms with E-state index in [2.05, 4.69) is 5.32 Å². The summed E-state index contributed by atoms with van der Waals surface area (Å²) >= 11 is 0. The fourth-order valence-corrected chi connectivity index (χ4v) is 1.26. The Labute approximate surface area is 75.4 Å². The van der Waals surface area contributed by atoms with Crippen LogP contribution in [-0.4, -0.2) is 31.6 Å². The standard InChI is InChI=1S/C8H13F2NO2/c9-7(10)8(12)11-5-6-3-1-2-4-13-6/h6-7H,1-5H2,(H,11,12). The van der Waals surface area contributed by atoms with Gasteiger partial charge in [-0.05, 0) is 19.3 Å². The van der Waals surface area contributed by atoms with Gasteiger partial charge in [0.15, 0.2) is 0 Å². The van der Waals surface area contributed by atoms with E-state index in [9.17, 15) is 13.6 Å². The third-order valence-electron chi connectivity index (χ3n) is 1.98. The molecule has 1 rings (SSSR count). The molecule has 1 fully saturated rings. The number of carbonyl (C=O) groups excluding carboxylic acids is 1. The third kappa shape index (κ3) is 3.67. The van der Waals surface area contributed by atoms with Gasteiger partial charge in [0.05, 0.1) is 6.10 Å². The Morgan fingerprint density at radius 2 is 2.31 bits per heavy atom. The van der Waals surface area contributed by atoms with Gasteiger partial charge in [-0.1, -0.05) is 0 Å². The molecule has 0 bridgehead atoms. The summed E-state index contributed by atoms with van der Waals surface area (Å²) in [5.41, 5.74) is 0. The minimum atomic E-state index is -2.93. The number of amides is 1. The SMILES string of the molecule is O=C(NCC1CCCCO1)C(F)F. The van der Waals surface area contributed by atoms with E-state index in [1.54, 1.807) is 0 Å². The number of hydrogen-bond donors (Lipinski definition) is 1. The van der Waals surface area contributed by atoms with Crippen molar-refractivity contribution in [2.45, 2.75) is 31.8 Å². The van der Waals surface area contributed by atoms with Crippen LogP contribution < -0.4 is 5.32 Å². The second-order valence-electron chi connectivity index (χ2n) is 3.03. The number of halogens is 2. The van der Waals surface area contributed by atoms with Crippen molar-refractivity contribution < 1.29 is 18.3 Å². The van der Waals surface area contributed by atoms with E-state index in [4.69, 9.17) is 4.74 Å². The van der Waals surface area contributed by atoms with E-state index in [1.165, 1.54) is 0 Å². The maximum atomic E-state index is 11.7. The molecule has 0 aromatic carbocycles. The van der Waals surface area contributed by atoms with Gasteiger partial charge in [0.25, 0.3) is 5.91 Å². The average Bonchev–Trinajstić information content (AvgIpc) is 2.15. The lowest BCUT2D eigenvalue weighted by Crippen LogP contribution is -2.38. The van der Waals surface area contributed by atoms with E-state index in [-0.39, 0.29) is 12.6 Å². The molecule has 13 heavy (non-hydrogen) atoms. The molecular weight excluding hydrogens is 180 g/mol. The molecule has 1 saturated heterocycles. The zero-order valence-corrected chi connectivity index (χ0v) is 7.26. The highest BCUT2D eigenvalue weighted by Gasteiger charge is 2.18. The predicted octanol–water partition coefficient (Wildman–Crippen LogP) is 0.937. The van der Waals surface area contributed by atoms with Crippen LogP contribution in [0.5, 0.6) is 0 Å². The molecule has 1 aliphatic heterocycles. The van der Waals surface area contributed by atoms with E-state index >= 15 is 0 Å². The van der Waals surface area contributed by atoms with Crippen LogP contribution >= 0.6 is 0 Å². The van der Waals surface area contributed by atoms with Crippen molar-refractivity contribution in [1.29, 1.82) is 0 Å². The van der Waals surface area contributed by atoms with Crippen molar-refractivity contribution in [3.63, 3.8) is 0 Å². The lowest BCUT2D eigenvalue weighted by molar-refractivity contribution is -0.132. The van der Waals surface area contributed by atoms with Crippen molar-refractivity contribution in [3.8, 4) is 0 Å². The molecule has 3 nitrogen and oxygen atoms in total. The third-order valence-corrected chi connectivity index (χ3v) is 1.98. The highest BCUT2D eigenvalue weighted by atomic mass is 19.3. The quantitative estimate of drug-likeness (QED) is 0.724. The molecule has 1 aliphatic rings. The number of rotatable bonds is 3. The Hall–Kier alpha value is -0.710. The summed E-state index contributed by atoms with van der Waals surface area (Å²) in [6, 6.07) is 0. The van der Waals surface area contributed by atoms with Gasteiger partial charge in [-0.25, -0.2) is 0 Å². The first-order valence-electron chi connectivity index (χ1n) is 4.37. The molecule has 0 aromatic rings. The van der Waals surface area contributed by atoms with Crippen LogP contribution in [0.15, 0.2) is 0 Å². The van der Waals surface area contributed by atoms with Gasteiger partial charge < -0.3 is 10.1 Å². The minimum Gasteiger partial charge on any atom is -0.376 e. The molecule has 0 radical (unpaired) electrons. The van der Waals surface area contributed by atoms with Crippen LogP contribution in [-0.2, 0) is 9.53 Å². The van der Waals surface area contributed by atoms with Gasteiger partial charge in [-0.2, -0.15) is 8.78 Å². The highest BCUT2D eigenvalue weighted by molar-refractivity contribution is 5.79. The summed E-state index contributed by atoms with van der Waals surface area (Å²) in [5.74, 6) is -1.21. The topological polar surface area (TPSA) is 38.3 Å². The Morgan fingerprint density at radius 3 is 2.85 bits per heavy atom. The normalized spacial score (nSPS) is 23.2. The lowest BCUT2D eigenvalue weighted by Gasteiger charge is -2.22. The molecular formula is C8H13F2NO2. The lowest BCUT2D eigenvalue weighted by atomic mass is 10.1. The van der Waals surface area contributed by atoms with E-state index in [0.717, 1.165) is 19.3 Å². The Bertz CT molecular complexity index is 170. The first-order chi connectivity index (χ1) is 6.20. The van der Waals surface area contributed by atoms with Gasteiger partial charge in [-0.3, -0.25) is 4.79 Å². The predicted molar refractivity (Wildman–Crippen MR) is 42.6 cm³/mol. The second-order valence-corrected chi connectivity index (χ2v) is 3.03. The van der Waals surface area contributed by atoms with Gasteiger partial charge in [0.1, 0.15) is 0 Å². The molecule has 1 amide bonds. The number of alkyl halides is 2. The van der Waals surface area contributed by atoms with Crippen molar-refractivity contribution in [2.24, 2.45) is 0 Å². The number of nitrogens with one attached hydrogen (secondary N) is 1. The summed E-state index contributed by atoms with van der Waals surface area (Å²) in [6.07, 6.45) is -0.127. The van der Waals surface area contributed by atoms with Crippen molar-refractivity contribution >= 4 is 5.91 Å². The monoisotopic (exact) mass is 193 g/mol. The van der Waals surface area contributed by atoms with E-state index in [0.29, 0.717) is 6.61 Å². The summed E-state index contributed by atoms with van der Waals surface area (Å²) in [7, 11) is 0. The van der Waals surface area contributed by atoms with E-state index in [1.807, 2.05) is 0 Å². The Morgan fingerprint density at radius 1 is 1.54 bits per heavy atom. The fourth-order valence-electron chi connectivity index (χ4n) is 1.26. The first-order valence-corrected chi connectivity index (χ1v) is 4.37. The smallest absolute Gasteiger partial charge is 0.315 e. The van der Waals surface area contributed by atoms with Gasteiger partial charge >= 0.3 is 6.43 Å². The Balaban J connectivity index is 2.13. The molecule has 0 spiro atoms. The van der Waals surface area contributed by atoms with Crippen LogP contribution in [0.2, 0.25) is 0 Å². The van der Waals surface area contributed by atoms with Gasteiger partial charge in [-0.15, -0.1) is 0 Å². The Kier molecular flexibility index (Phi) is 4.08. The fraction of sp³-hybridized carbons (Fsp3) is 0.875. The zero-order chi connectivity index (χ0) is 9.68. The first kappa shape index (κ1) is 10.4. The minimum absolute atomic E-state index is 0.0866. The molecule has 0 aromatic heterocycles. The maximum Gasteiger partial charge on any atom is 0.315 e. The van der Waals surface area contributed by atoms with Gasteiger partial charge in [0, 0.05) is 13.2 Å². The number of hydrogen-bond acceptors (Lipinski definition) is 2.